The molecule has 0 saturated carbocycles. The van der Waals surface area contributed by atoms with Gasteiger partial charge < -0.3 is 10.0 Å². The van der Waals surface area contributed by atoms with Gasteiger partial charge in [-0.2, -0.15) is 0 Å². The lowest BCUT2D eigenvalue weighted by atomic mass is 9.80. The van der Waals surface area contributed by atoms with Crippen LogP contribution in [-0.4, -0.2) is 35.1 Å². The van der Waals surface area contributed by atoms with Gasteiger partial charge in [-0.3, -0.25) is 4.79 Å². The van der Waals surface area contributed by atoms with Gasteiger partial charge in [-0.1, -0.05) is 27.7 Å². The molecule has 0 bridgehead atoms. The van der Waals surface area contributed by atoms with Crippen molar-refractivity contribution in [3.05, 3.63) is 0 Å². The fourth-order valence-corrected chi connectivity index (χ4v) is 1.39. The van der Waals surface area contributed by atoms with E-state index < -0.39 is 5.60 Å². The standard InChI is InChI=1S/C13H27NO2/c1-10(12(2,3)4)8-11(15)14(7)9-13(5,6)16/h10,16H,8-9H2,1-7H3. The van der Waals surface area contributed by atoms with Crippen LogP contribution in [0.2, 0.25) is 0 Å². The molecular formula is C13H27NO2. The predicted octanol–water partition coefficient (Wildman–Crippen LogP) is 2.29. The lowest BCUT2D eigenvalue weighted by Crippen LogP contribution is -2.40. The maximum Gasteiger partial charge on any atom is 0.222 e. The second-order valence-electron chi connectivity index (χ2n) is 6.53. The van der Waals surface area contributed by atoms with E-state index >= 15 is 0 Å². The molecule has 0 aliphatic rings. The van der Waals surface area contributed by atoms with E-state index in [0.29, 0.717) is 18.9 Å². The zero-order valence-electron chi connectivity index (χ0n) is 11.8. The van der Waals surface area contributed by atoms with Gasteiger partial charge in [0.05, 0.1) is 5.60 Å². The highest BCUT2D eigenvalue weighted by Gasteiger charge is 2.25. The smallest absolute Gasteiger partial charge is 0.222 e. The molecule has 1 unspecified atom stereocenters. The third-order valence-corrected chi connectivity index (χ3v) is 3.01. The first-order chi connectivity index (χ1) is 6.93. The molecular weight excluding hydrogens is 202 g/mol. The Hall–Kier alpha value is -0.570. The van der Waals surface area contributed by atoms with E-state index in [2.05, 4.69) is 27.7 Å². The quantitative estimate of drug-likeness (QED) is 0.803. The van der Waals surface area contributed by atoms with Crippen molar-refractivity contribution in [3.63, 3.8) is 0 Å². The Bertz CT molecular complexity index is 235. The minimum atomic E-state index is -0.824. The summed E-state index contributed by atoms with van der Waals surface area (Å²) in [6.45, 7) is 12.3. The molecule has 16 heavy (non-hydrogen) atoms. The molecule has 0 saturated heterocycles. The van der Waals surface area contributed by atoms with Crippen LogP contribution in [0.5, 0.6) is 0 Å². The average molecular weight is 229 g/mol. The van der Waals surface area contributed by atoms with Crippen LogP contribution >= 0.6 is 0 Å². The minimum absolute atomic E-state index is 0.101. The summed E-state index contributed by atoms with van der Waals surface area (Å²) in [5.41, 5.74) is -0.680. The van der Waals surface area contributed by atoms with Crippen LogP contribution in [0.3, 0.4) is 0 Å². The largest absolute Gasteiger partial charge is 0.389 e. The SMILES string of the molecule is CC(CC(=O)N(C)CC(C)(C)O)C(C)(C)C. The zero-order valence-corrected chi connectivity index (χ0v) is 11.8. The van der Waals surface area contributed by atoms with Gasteiger partial charge in [0, 0.05) is 20.0 Å². The Morgan fingerprint density at radius 2 is 1.69 bits per heavy atom. The number of amides is 1. The van der Waals surface area contributed by atoms with Gasteiger partial charge in [0.25, 0.3) is 0 Å². The highest BCUT2D eigenvalue weighted by Crippen LogP contribution is 2.28. The van der Waals surface area contributed by atoms with Gasteiger partial charge in [-0.05, 0) is 25.2 Å². The zero-order chi connectivity index (χ0) is 13.1. The molecule has 0 rings (SSSR count). The molecule has 3 nitrogen and oxygen atoms in total. The number of likely N-dealkylation sites (N-methyl/N-ethyl adjacent to an activating group) is 1. The molecule has 0 aromatic heterocycles. The summed E-state index contributed by atoms with van der Waals surface area (Å²) >= 11 is 0. The van der Waals surface area contributed by atoms with E-state index in [1.165, 1.54) is 0 Å². The van der Waals surface area contributed by atoms with Crippen molar-refractivity contribution < 1.29 is 9.90 Å². The third kappa shape index (κ3) is 6.11. The highest BCUT2D eigenvalue weighted by molar-refractivity contribution is 5.76. The molecule has 0 radical (unpaired) electrons. The molecule has 0 spiro atoms. The monoisotopic (exact) mass is 229 g/mol. The molecule has 1 amide bonds. The number of hydrogen-bond acceptors (Lipinski definition) is 2. The van der Waals surface area contributed by atoms with Gasteiger partial charge in [-0.25, -0.2) is 0 Å². The van der Waals surface area contributed by atoms with Gasteiger partial charge in [-0.15, -0.1) is 0 Å². The first-order valence-corrected chi connectivity index (χ1v) is 5.90. The fourth-order valence-electron chi connectivity index (χ4n) is 1.39. The van der Waals surface area contributed by atoms with Crippen LogP contribution in [0.1, 0.15) is 48.0 Å². The highest BCUT2D eigenvalue weighted by atomic mass is 16.3. The molecule has 3 heteroatoms. The van der Waals surface area contributed by atoms with Crippen LogP contribution in [0, 0.1) is 11.3 Å². The molecule has 1 N–H and O–H groups in total. The molecule has 96 valence electrons. The molecule has 0 aliphatic heterocycles. The summed E-state index contributed by atoms with van der Waals surface area (Å²) in [7, 11) is 1.75. The molecule has 0 aromatic carbocycles. The number of nitrogens with zero attached hydrogens (tertiary/aromatic N) is 1. The number of carbonyl (C=O) groups excluding carboxylic acids is 1. The van der Waals surface area contributed by atoms with E-state index in [9.17, 15) is 9.90 Å². The van der Waals surface area contributed by atoms with Crippen LogP contribution in [-0.2, 0) is 4.79 Å². The topological polar surface area (TPSA) is 40.5 Å². The Morgan fingerprint density at radius 1 is 1.25 bits per heavy atom. The second kappa shape index (κ2) is 5.17. The maximum atomic E-state index is 11.9. The first-order valence-electron chi connectivity index (χ1n) is 5.90. The molecule has 1 atom stereocenters. The summed E-state index contributed by atoms with van der Waals surface area (Å²) in [5, 5.41) is 9.64. The van der Waals surface area contributed by atoms with Crippen molar-refractivity contribution >= 4 is 5.91 Å². The van der Waals surface area contributed by atoms with Crippen LogP contribution in [0.15, 0.2) is 0 Å². The van der Waals surface area contributed by atoms with Crippen molar-refractivity contribution in [2.24, 2.45) is 11.3 Å². The van der Waals surface area contributed by atoms with E-state index in [-0.39, 0.29) is 11.3 Å². The lowest BCUT2D eigenvalue weighted by molar-refractivity contribution is -0.134. The summed E-state index contributed by atoms with van der Waals surface area (Å²) in [6.07, 6.45) is 0.538. The van der Waals surface area contributed by atoms with E-state index in [4.69, 9.17) is 0 Å². The summed E-state index contributed by atoms with van der Waals surface area (Å²) in [4.78, 5) is 13.5. The van der Waals surface area contributed by atoms with Crippen molar-refractivity contribution in [3.8, 4) is 0 Å². The number of carbonyl (C=O) groups is 1. The second-order valence-corrected chi connectivity index (χ2v) is 6.53. The Labute approximate surface area is 99.8 Å². The molecule has 0 aliphatic carbocycles. The van der Waals surface area contributed by atoms with E-state index in [1.807, 2.05) is 0 Å². The third-order valence-electron chi connectivity index (χ3n) is 3.01. The Morgan fingerprint density at radius 3 is 2.00 bits per heavy atom. The summed E-state index contributed by atoms with van der Waals surface area (Å²) < 4.78 is 0. The van der Waals surface area contributed by atoms with Gasteiger partial charge in [0.1, 0.15) is 0 Å². The summed E-state index contributed by atoms with van der Waals surface area (Å²) in [6, 6.07) is 0. The van der Waals surface area contributed by atoms with E-state index in [0.717, 1.165) is 0 Å². The lowest BCUT2D eigenvalue weighted by Gasteiger charge is -2.30. The molecule has 0 heterocycles. The normalized spacial score (nSPS) is 14.8. The predicted molar refractivity (Wildman–Crippen MR) is 67.2 cm³/mol. The molecule has 0 aromatic rings. The van der Waals surface area contributed by atoms with Crippen molar-refractivity contribution in [2.75, 3.05) is 13.6 Å². The van der Waals surface area contributed by atoms with Crippen LogP contribution in [0.25, 0.3) is 0 Å². The van der Waals surface area contributed by atoms with Crippen molar-refractivity contribution in [2.45, 2.75) is 53.6 Å². The number of aliphatic hydroxyl groups is 1. The Balaban J connectivity index is 4.27. The van der Waals surface area contributed by atoms with E-state index in [1.54, 1.807) is 25.8 Å². The number of hydrogen-bond donors (Lipinski definition) is 1. The maximum absolute atomic E-state index is 11.9. The van der Waals surface area contributed by atoms with Gasteiger partial charge >= 0.3 is 0 Å². The van der Waals surface area contributed by atoms with Gasteiger partial charge in [0.15, 0.2) is 0 Å². The number of rotatable bonds is 4. The average Bonchev–Trinajstić information content (AvgIpc) is 1.98. The summed E-state index contributed by atoms with van der Waals surface area (Å²) in [5.74, 6) is 0.439. The molecule has 0 fully saturated rings. The van der Waals surface area contributed by atoms with Crippen molar-refractivity contribution in [1.29, 1.82) is 0 Å². The van der Waals surface area contributed by atoms with Gasteiger partial charge in [0.2, 0.25) is 5.91 Å². The van der Waals surface area contributed by atoms with Crippen LogP contribution in [0.4, 0.5) is 0 Å². The fraction of sp³-hybridized carbons (Fsp3) is 0.923. The minimum Gasteiger partial charge on any atom is -0.389 e. The van der Waals surface area contributed by atoms with Crippen LogP contribution < -0.4 is 0 Å². The first kappa shape index (κ1) is 15.4. The van der Waals surface area contributed by atoms with Crippen molar-refractivity contribution in [1.82, 2.24) is 4.90 Å². The Kier molecular flexibility index (Phi) is 4.99.